The van der Waals surface area contributed by atoms with Crippen molar-refractivity contribution in [3.05, 3.63) is 64.6 Å². The van der Waals surface area contributed by atoms with Gasteiger partial charge in [0.15, 0.2) is 23.0 Å². The van der Waals surface area contributed by atoms with Crippen molar-refractivity contribution < 1.29 is 24.1 Å². The zero-order chi connectivity index (χ0) is 22.0. The summed E-state index contributed by atoms with van der Waals surface area (Å²) >= 11 is 0. The van der Waals surface area contributed by atoms with Crippen molar-refractivity contribution in [1.82, 2.24) is 9.97 Å². The Labute approximate surface area is 178 Å². The first-order valence-electron chi connectivity index (χ1n) is 9.50. The van der Waals surface area contributed by atoms with Gasteiger partial charge < -0.3 is 34.0 Å². The van der Waals surface area contributed by atoms with Crippen molar-refractivity contribution in [3.8, 4) is 39.9 Å². The minimum Gasteiger partial charge on any atom is -0.504 e. The predicted octanol–water partition coefficient (Wildman–Crippen LogP) is 3.83. The van der Waals surface area contributed by atoms with Crippen LogP contribution in [0, 0.1) is 0 Å². The summed E-state index contributed by atoms with van der Waals surface area (Å²) in [6, 6.07) is 14.3. The van der Waals surface area contributed by atoms with Crippen LogP contribution >= 0.6 is 0 Å². The molecule has 1 aromatic heterocycles. The number of benzene rings is 3. The number of hydrogen-bond acceptors (Lipinski definition) is 6. The SMILES string of the molecule is COc1ccc(COc2c(OC)cc(-c3cccc4[nH]c(=O)[nH]c34)cc2OC)cc1O. The Morgan fingerprint density at radius 3 is 2.23 bits per heavy atom. The van der Waals surface area contributed by atoms with Crippen LogP contribution < -0.4 is 24.6 Å². The van der Waals surface area contributed by atoms with Crippen molar-refractivity contribution in [1.29, 1.82) is 0 Å². The molecule has 0 bridgehead atoms. The Morgan fingerprint density at radius 1 is 0.871 bits per heavy atom. The molecule has 8 nitrogen and oxygen atoms in total. The number of rotatable bonds is 7. The summed E-state index contributed by atoms with van der Waals surface area (Å²) in [5, 5.41) is 9.98. The lowest BCUT2D eigenvalue weighted by Gasteiger charge is -2.17. The lowest BCUT2D eigenvalue weighted by Crippen LogP contribution is -2.01. The van der Waals surface area contributed by atoms with Crippen molar-refractivity contribution >= 4 is 11.0 Å². The van der Waals surface area contributed by atoms with Gasteiger partial charge in [-0.3, -0.25) is 0 Å². The van der Waals surface area contributed by atoms with Crippen LogP contribution in [-0.4, -0.2) is 36.4 Å². The number of fused-ring (bicyclic) bond motifs is 1. The third kappa shape index (κ3) is 3.87. The number of H-pyrrole nitrogens is 2. The summed E-state index contributed by atoms with van der Waals surface area (Å²) in [6.45, 7) is 0.185. The molecule has 0 unspecified atom stereocenters. The van der Waals surface area contributed by atoms with E-state index < -0.39 is 0 Å². The lowest BCUT2D eigenvalue weighted by atomic mass is 10.0. The lowest BCUT2D eigenvalue weighted by molar-refractivity contribution is 0.265. The number of phenolic OH excluding ortho intramolecular Hbond substituents is 1. The van der Waals surface area contributed by atoms with Crippen LogP contribution in [0.2, 0.25) is 0 Å². The molecule has 0 saturated heterocycles. The van der Waals surface area contributed by atoms with E-state index in [0.717, 1.165) is 16.7 Å². The standard InChI is InChI=1S/C23H22N2O6/c1-28-18-8-7-13(9-17(18)26)12-31-22-19(29-2)10-14(11-20(22)30-3)15-5-4-6-16-21(15)25-23(27)24-16/h4-11,26H,12H2,1-3H3,(H2,24,25,27). The van der Waals surface area contributed by atoms with Gasteiger partial charge in [0.25, 0.3) is 0 Å². The summed E-state index contributed by atoms with van der Waals surface area (Å²) in [5.41, 5.74) is 3.49. The number of hydrogen-bond donors (Lipinski definition) is 3. The average molecular weight is 422 g/mol. The summed E-state index contributed by atoms with van der Waals surface area (Å²) in [7, 11) is 4.58. The molecule has 0 amide bonds. The molecule has 0 saturated carbocycles. The number of aromatic nitrogens is 2. The van der Waals surface area contributed by atoms with Gasteiger partial charge in [0.1, 0.15) is 6.61 Å². The number of ether oxygens (including phenoxy) is 4. The van der Waals surface area contributed by atoms with E-state index in [1.54, 1.807) is 32.4 Å². The van der Waals surface area contributed by atoms with Crippen molar-refractivity contribution in [2.45, 2.75) is 6.61 Å². The second-order valence-corrected chi connectivity index (χ2v) is 6.81. The quantitative estimate of drug-likeness (QED) is 0.418. The number of phenols is 1. The molecule has 0 radical (unpaired) electrons. The molecular weight excluding hydrogens is 400 g/mol. The minimum atomic E-state index is -0.274. The van der Waals surface area contributed by atoms with Crippen LogP contribution in [0.3, 0.4) is 0 Å². The van der Waals surface area contributed by atoms with Gasteiger partial charge >= 0.3 is 5.69 Å². The Hall–Kier alpha value is -4.07. The third-order valence-electron chi connectivity index (χ3n) is 4.95. The first-order chi connectivity index (χ1) is 15.0. The van der Waals surface area contributed by atoms with Crippen LogP contribution in [-0.2, 0) is 6.61 Å². The summed E-state index contributed by atoms with van der Waals surface area (Å²) in [4.78, 5) is 17.3. The maximum absolute atomic E-state index is 11.8. The van der Waals surface area contributed by atoms with Gasteiger partial charge in [-0.05, 0) is 41.5 Å². The molecule has 3 N–H and O–H groups in total. The Bertz CT molecular complexity index is 1270. The summed E-state index contributed by atoms with van der Waals surface area (Å²) in [5.74, 6) is 1.80. The van der Waals surface area contributed by atoms with Gasteiger partial charge in [0.05, 0.1) is 32.4 Å². The highest BCUT2D eigenvalue weighted by Gasteiger charge is 2.17. The maximum atomic E-state index is 11.8. The molecule has 0 spiro atoms. The molecule has 160 valence electrons. The van der Waals surface area contributed by atoms with Crippen molar-refractivity contribution in [2.75, 3.05) is 21.3 Å². The van der Waals surface area contributed by atoms with Gasteiger partial charge in [-0.2, -0.15) is 0 Å². The summed E-state index contributed by atoms with van der Waals surface area (Å²) in [6.07, 6.45) is 0. The monoisotopic (exact) mass is 422 g/mol. The number of aromatic hydroxyl groups is 1. The van der Waals surface area contributed by atoms with Gasteiger partial charge in [-0.1, -0.05) is 18.2 Å². The second-order valence-electron chi connectivity index (χ2n) is 6.81. The number of aromatic amines is 2. The van der Waals surface area contributed by atoms with E-state index in [9.17, 15) is 9.90 Å². The largest absolute Gasteiger partial charge is 0.504 e. The van der Waals surface area contributed by atoms with Gasteiger partial charge in [0, 0.05) is 5.56 Å². The number of imidazole rings is 1. The smallest absolute Gasteiger partial charge is 0.323 e. The molecule has 4 rings (SSSR count). The van der Waals surface area contributed by atoms with Crippen LogP contribution in [0.5, 0.6) is 28.7 Å². The fraction of sp³-hybridized carbons (Fsp3) is 0.174. The molecule has 0 aliphatic rings. The van der Waals surface area contributed by atoms with Crippen LogP contribution in [0.4, 0.5) is 0 Å². The zero-order valence-corrected chi connectivity index (χ0v) is 17.3. The normalized spacial score (nSPS) is 10.8. The molecular formula is C23H22N2O6. The molecule has 4 aromatic rings. The van der Waals surface area contributed by atoms with Crippen LogP contribution in [0.15, 0.2) is 53.3 Å². The maximum Gasteiger partial charge on any atom is 0.323 e. The molecule has 0 fully saturated rings. The number of para-hydroxylation sites is 1. The highest BCUT2D eigenvalue weighted by Crippen LogP contribution is 2.43. The highest BCUT2D eigenvalue weighted by atomic mass is 16.5. The first-order valence-corrected chi connectivity index (χ1v) is 9.50. The average Bonchev–Trinajstić information content (AvgIpc) is 3.17. The minimum absolute atomic E-state index is 0.0338. The van der Waals surface area contributed by atoms with E-state index in [0.29, 0.717) is 34.0 Å². The molecule has 1 heterocycles. The Balaban J connectivity index is 1.71. The highest BCUT2D eigenvalue weighted by molar-refractivity contribution is 5.92. The van der Waals surface area contributed by atoms with E-state index >= 15 is 0 Å². The van der Waals surface area contributed by atoms with Gasteiger partial charge in [-0.25, -0.2) is 4.79 Å². The van der Waals surface area contributed by atoms with E-state index in [1.165, 1.54) is 7.11 Å². The Kier molecular flexibility index (Phi) is 5.44. The number of methoxy groups -OCH3 is 3. The first kappa shape index (κ1) is 20.2. The topological polar surface area (TPSA) is 106 Å². The molecule has 0 aliphatic carbocycles. The van der Waals surface area contributed by atoms with E-state index in [4.69, 9.17) is 18.9 Å². The zero-order valence-electron chi connectivity index (χ0n) is 17.3. The third-order valence-corrected chi connectivity index (χ3v) is 4.95. The van der Waals surface area contributed by atoms with Gasteiger partial charge in [0.2, 0.25) is 5.75 Å². The van der Waals surface area contributed by atoms with Gasteiger partial charge in [-0.15, -0.1) is 0 Å². The summed E-state index contributed by atoms with van der Waals surface area (Å²) < 4.78 is 22.2. The second kappa shape index (κ2) is 8.35. The molecule has 0 aliphatic heterocycles. The van der Waals surface area contributed by atoms with Crippen molar-refractivity contribution in [2.24, 2.45) is 0 Å². The number of nitrogens with one attached hydrogen (secondary N) is 2. The van der Waals surface area contributed by atoms with Crippen LogP contribution in [0.25, 0.3) is 22.2 Å². The fourth-order valence-electron chi connectivity index (χ4n) is 3.46. The van der Waals surface area contributed by atoms with E-state index in [1.807, 2.05) is 30.3 Å². The Morgan fingerprint density at radius 2 is 1.58 bits per heavy atom. The molecule has 8 heteroatoms. The molecule has 31 heavy (non-hydrogen) atoms. The predicted molar refractivity (Wildman–Crippen MR) is 116 cm³/mol. The van der Waals surface area contributed by atoms with Crippen LogP contribution in [0.1, 0.15) is 5.56 Å². The molecule has 3 aromatic carbocycles. The van der Waals surface area contributed by atoms with E-state index in [-0.39, 0.29) is 18.0 Å². The molecule has 0 atom stereocenters. The fourth-order valence-corrected chi connectivity index (χ4v) is 3.46. The van der Waals surface area contributed by atoms with E-state index in [2.05, 4.69) is 9.97 Å². The van der Waals surface area contributed by atoms with Crippen molar-refractivity contribution in [3.63, 3.8) is 0 Å².